The molecule has 4 rings (SSSR count). The van der Waals surface area contributed by atoms with Crippen LogP contribution in [0.5, 0.6) is 5.75 Å². The van der Waals surface area contributed by atoms with E-state index in [0.29, 0.717) is 40.7 Å². The molecule has 2 aromatic carbocycles. The van der Waals surface area contributed by atoms with Gasteiger partial charge in [-0.2, -0.15) is 4.39 Å². The van der Waals surface area contributed by atoms with E-state index < -0.39 is 33.1 Å². The van der Waals surface area contributed by atoms with Crippen LogP contribution in [0.15, 0.2) is 58.2 Å². The van der Waals surface area contributed by atoms with Crippen molar-refractivity contribution in [2.45, 2.75) is 44.6 Å². The molecule has 13 heteroatoms. The van der Waals surface area contributed by atoms with Crippen LogP contribution < -0.4 is 15.4 Å². The molecule has 0 saturated carbocycles. The van der Waals surface area contributed by atoms with E-state index in [1.807, 2.05) is 13.0 Å². The molecule has 10 nitrogen and oxygen atoms in total. The predicted octanol–water partition coefficient (Wildman–Crippen LogP) is 6.11. The average molecular weight is 601 g/mol. The summed E-state index contributed by atoms with van der Waals surface area (Å²) >= 11 is 0. The van der Waals surface area contributed by atoms with Gasteiger partial charge in [-0.15, -0.1) is 0 Å². The summed E-state index contributed by atoms with van der Waals surface area (Å²) in [6, 6.07) is 8.13. The highest BCUT2D eigenvalue weighted by Crippen LogP contribution is 2.32. The predicted molar refractivity (Wildman–Crippen MR) is 158 cm³/mol. The van der Waals surface area contributed by atoms with Crippen LogP contribution >= 0.6 is 0 Å². The standard InChI is InChI=1S/C29H34F2N6O4S/c1-18-16-19(8-11-23(18)42(39,32-5)15-7-12-34-28(38)41-29(2,3)4)36-26-27-35-17-21(37(27)14-13-33-26)20-9-10-22(40-6)25(31)24(20)30/h8-11,13-14,16-17H,7,12,15H2,1-6H3,(H,33,36)(H,34,38). The van der Waals surface area contributed by atoms with Crippen molar-refractivity contribution in [2.75, 3.05) is 31.8 Å². The first-order valence-corrected chi connectivity index (χ1v) is 14.9. The number of anilines is 2. The van der Waals surface area contributed by atoms with Crippen molar-refractivity contribution in [3.63, 3.8) is 0 Å². The molecular formula is C29H34F2N6O4S. The van der Waals surface area contributed by atoms with Crippen molar-refractivity contribution in [3.8, 4) is 17.0 Å². The van der Waals surface area contributed by atoms with Crippen LogP contribution in [0.1, 0.15) is 32.8 Å². The number of nitrogens with one attached hydrogen (secondary N) is 2. The molecular weight excluding hydrogens is 566 g/mol. The van der Waals surface area contributed by atoms with Gasteiger partial charge in [-0.3, -0.25) is 4.40 Å². The Morgan fingerprint density at radius 3 is 2.57 bits per heavy atom. The molecule has 0 aliphatic carbocycles. The van der Waals surface area contributed by atoms with Crippen LogP contribution in [0.4, 0.5) is 25.1 Å². The maximum Gasteiger partial charge on any atom is 0.407 e. The van der Waals surface area contributed by atoms with Gasteiger partial charge >= 0.3 is 6.09 Å². The minimum absolute atomic E-state index is 0.0255. The summed E-state index contributed by atoms with van der Waals surface area (Å²) in [6.45, 7) is 7.49. The van der Waals surface area contributed by atoms with Gasteiger partial charge < -0.3 is 20.1 Å². The van der Waals surface area contributed by atoms with Crippen LogP contribution in [0.3, 0.4) is 0 Å². The Labute approximate surface area is 243 Å². The molecule has 0 saturated heterocycles. The second-order valence-corrected chi connectivity index (χ2v) is 13.0. The van der Waals surface area contributed by atoms with Gasteiger partial charge in [0.05, 0.1) is 33.6 Å². The highest BCUT2D eigenvalue weighted by Gasteiger charge is 2.20. The zero-order valence-corrected chi connectivity index (χ0v) is 25.1. The highest BCUT2D eigenvalue weighted by molar-refractivity contribution is 7.93. The third-order valence-corrected chi connectivity index (χ3v) is 8.89. The third kappa shape index (κ3) is 6.62. The fourth-order valence-corrected chi connectivity index (χ4v) is 6.37. The fraction of sp³-hybridized carbons (Fsp3) is 0.345. The zero-order chi connectivity index (χ0) is 30.7. The second kappa shape index (κ2) is 12.3. The molecule has 1 amide bonds. The summed E-state index contributed by atoms with van der Waals surface area (Å²) in [6.07, 6.45) is 4.49. The molecule has 42 heavy (non-hydrogen) atoms. The quantitative estimate of drug-likeness (QED) is 0.223. The topological polar surface area (TPSA) is 119 Å². The number of halogens is 2. The Kier molecular flexibility index (Phi) is 9.00. The van der Waals surface area contributed by atoms with E-state index in [0.717, 1.165) is 5.56 Å². The molecule has 0 aliphatic rings. The molecule has 2 heterocycles. The first kappa shape index (κ1) is 30.7. The molecule has 0 bridgehead atoms. The van der Waals surface area contributed by atoms with Gasteiger partial charge in [0.15, 0.2) is 23.0 Å². The van der Waals surface area contributed by atoms with Gasteiger partial charge in [-0.25, -0.2) is 27.7 Å². The number of carbonyl (C=O) groups excluding carboxylic acids is 1. The largest absolute Gasteiger partial charge is 0.494 e. The molecule has 2 aromatic heterocycles. The maximum atomic E-state index is 14.8. The molecule has 224 valence electrons. The third-order valence-electron chi connectivity index (χ3n) is 6.31. The number of hydrogen-bond acceptors (Lipinski definition) is 8. The van der Waals surface area contributed by atoms with E-state index in [1.54, 1.807) is 43.5 Å². The Balaban J connectivity index is 1.52. The number of amides is 1. The summed E-state index contributed by atoms with van der Waals surface area (Å²) in [7, 11) is 0.0548. The number of benzene rings is 2. The molecule has 0 spiro atoms. The number of aryl methyl sites for hydroxylation is 1. The van der Waals surface area contributed by atoms with Gasteiger partial charge in [-0.1, -0.05) is 0 Å². The van der Waals surface area contributed by atoms with Crippen LogP contribution in [0.25, 0.3) is 16.9 Å². The van der Waals surface area contributed by atoms with Crippen LogP contribution in [0, 0.1) is 18.6 Å². The molecule has 0 aliphatic heterocycles. The van der Waals surface area contributed by atoms with Gasteiger partial charge in [0.25, 0.3) is 0 Å². The highest BCUT2D eigenvalue weighted by atomic mass is 32.2. The Morgan fingerprint density at radius 2 is 1.90 bits per heavy atom. The van der Waals surface area contributed by atoms with Gasteiger partial charge in [-0.05, 0) is 70.0 Å². The summed E-state index contributed by atoms with van der Waals surface area (Å²) in [5, 5.41) is 5.89. The van der Waals surface area contributed by atoms with Crippen molar-refractivity contribution < 1.29 is 27.3 Å². The monoisotopic (exact) mass is 600 g/mol. The van der Waals surface area contributed by atoms with Crippen molar-refractivity contribution in [1.82, 2.24) is 19.7 Å². The normalized spacial score (nSPS) is 13.0. The number of nitrogens with zero attached hydrogens (tertiary/aromatic N) is 4. The molecule has 0 radical (unpaired) electrons. The lowest BCUT2D eigenvalue weighted by Crippen LogP contribution is -2.33. The van der Waals surface area contributed by atoms with Crippen molar-refractivity contribution in [2.24, 2.45) is 4.36 Å². The Morgan fingerprint density at radius 1 is 1.14 bits per heavy atom. The van der Waals surface area contributed by atoms with Crippen LogP contribution in [0.2, 0.25) is 0 Å². The van der Waals surface area contributed by atoms with E-state index in [2.05, 4.69) is 25.0 Å². The smallest absolute Gasteiger partial charge is 0.407 e. The van der Waals surface area contributed by atoms with Crippen LogP contribution in [-0.2, 0) is 14.5 Å². The number of alkyl carbamates (subject to hydrolysis) is 1. The lowest BCUT2D eigenvalue weighted by molar-refractivity contribution is 0.0528. The fourth-order valence-electron chi connectivity index (χ4n) is 4.39. The van der Waals surface area contributed by atoms with Crippen molar-refractivity contribution >= 4 is 33.0 Å². The summed E-state index contributed by atoms with van der Waals surface area (Å²) in [5.74, 6) is -1.67. The van der Waals surface area contributed by atoms with Crippen molar-refractivity contribution in [3.05, 3.63) is 66.1 Å². The van der Waals surface area contributed by atoms with E-state index >= 15 is 0 Å². The number of imidazole rings is 1. The molecule has 1 unspecified atom stereocenters. The molecule has 4 aromatic rings. The van der Waals surface area contributed by atoms with E-state index in [1.165, 1.54) is 38.7 Å². The zero-order valence-electron chi connectivity index (χ0n) is 24.3. The summed E-state index contributed by atoms with van der Waals surface area (Å²) in [4.78, 5) is 21.3. The minimum Gasteiger partial charge on any atom is -0.494 e. The summed E-state index contributed by atoms with van der Waals surface area (Å²) < 4.78 is 58.8. The lowest BCUT2D eigenvalue weighted by Gasteiger charge is -2.20. The van der Waals surface area contributed by atoms with Crippen LogP contribution in [-0.4, -0.2) is 56.7 Å². The number of aromatic nitrogens is 3. The first-order valence-electron chi connectivity index (χ1n) is 13.2. The molecule has 0 fully saturated rings. The number of fused-ring (bicyclic) bond motifs is 1. The van der Waals surface area contributed by atoms with Gasteiger partial charge in [0, 0.05) is 43.0 Å². The van der Waals surface area contributed by atoms with Gasteiger partial charge in [0.1, 0.15) is 5.60 Å². The van der Waals surface area contributed by atoms with Gasteiger partial charge in [0.2, 0.25) is 5.82 Å². The number of ether oxygens (including phenoxy) is 2. The van der Waals surface area contributed by atoms with E-state index in [-0.39, 0.29) is 17.1 Å². The number of rotatable bonds is 9. The Hall–Kier alpha value is -4.26. The van der Waals surface area contributed by atoms with E-state index in [9.17, 15) is 17.8 Å². The first-order chi connectivity index (χ1) is 19.9. The number of methoxy groups -OCH3 is 1. The van der Waals surface area contributed by atoms with Crippen molar-refractivity contribution in [1.29, 1.82) is 0 Å². The molecule has 2 N–H and O–H groups in total. The average Bonchev–Trinajstić information content (AvgIpc) is 3.36. The lowest BCUT2D eigenvalue weighted by atomic mass is 10.1. The molecule has 1 atom stereocenters. The number of carbonyl (C=O) groups is 1. The number of hydrogen-bond donors (Lipinski definition) is 2. The SMILES string of the molecule is CN=S(=O)(CCCNC(=O)OC(C)(C)C)c1ccc(Nc2nccn3c(-c4ccc(OC)c(F)c4F)cnc23)cc1C. The maximum absolute atomic E-state index is 14.8. The second-order valence-electron chi connectivity index (χ2n) is 10.5. The minimum atomic E-state index is -2.74. The Bertz CT molecular complexity index is 1740. The summed E-state index contributed by atoms with van der Waals surface area (Å²) in [5.41, 5.74) is 1.58. The van der Waals surface area contributed by atoms with E-state index in [4.69, 9.17) is 9.47 Å².